The number of benzene rings is 2. The summed E-state index contributed by atoms with van der Waals surface area (Å²) in [5, 5.41) is 15.0. The van der Waals surface area contributed by atoms with Gasteiger partial charge in [-0.15, -0.1) is 18.8 Å². The fourth-order valence-corrected chi connectivity index (χ4v) is 3.90. The molecule has 3 rings (SSSR count). The molecule has 1 saturated heterocycles. The Labute approximate surface area is 157 Å². The Morgan fingerprint density at radius 3 is 2.16 bits per heavy atom. The molecule has 4 atom stereocenters. The smallest absolute Gasteiger partial charge is 0.131 e. The van der Waals surface area contributed by atoms with Gasteiger partial charge in [-0.05, 0) is 17.5 Å². The van der Waals surface area contributed by atoms with Crippen molar-refractivity contribution in [1.82, 2.24) is 5.32 Å². The van der Waals surface area contributed by atoms with E-state index in [4.69, 9.17) is 6.42 Å². The van der Waals surface area contributed by atoms with E-state index in [0.29, 0.717) is 6.42 Å². The van der Waals surface area contributed by atoms with Gasteiger partial charge in [-0.2, -0.15) is 0 Å². The average Bonchev–Trinajstić information content (AvgIpc) is 2.65. The predicted octanol–water partition coefficient (Wildman–Crippen LogP) is 4.66. The molecule has 2 N–H and O–H groups in total. The first-order valence-electron chi connectivity index (χ1n) is 8.74. The van der Waals surface area contributed by atoms with Crippen molar-refractivity contribution in [2.75, 3.05) is 0 Å². The Bertz CT molecular complexity index is 697. The number of terminal acetylenes is 1. The zero-order valence-corrected chi connectivity index (χ0v) is 15.4. The summed E-state index contributed by atoms with van der Waals surface area (Å²) < 4.78 is 0. The summed E-state index contributed by atoms with van der Waals surface area (Å²) in [4.78, 5) is 0. The van der Waals surface area contributed by atoms with E-state index in [1.54, 1.807) is 0 Å². The SMILES string of the molecule is C#CC1(O)CC(c2ccccc2)NC(c2ccccc2)C1CCC.Cl. The topological polar surface area (TPSA) is 32.3 Å². The van der Waals surface area contributed by atoms with E-state index in [9.17, 15) is 5.11 Å². The van der Waals surface area contributed by atoms with Crippen molar-refractivity contribution >= 4 is 12.4 Å². The van der Waals surface area contributed by atoms with Crippen LogP contribution in [0.3, 0.4) is 0 Å². The number of halogens is 1. The van der Waals surface area contributed by atoms with Crippen molar-refractivity contribution in [2.24, 2.45) is 5.92 Å². The van der Waals surface area contributed by atoms with Gasteiger partial charge in [0.15, 0.2) is 0 Å². The van der Waals surface area contributed by atoms with Gasteiger partial charge in [0.25, 0.3) is 0 Å². The molecule has 25 heavy (non-hydrogen) atoms. The van der Waals surface area contributed by atoms with Crippen LogP contribution in [-0.2, 0) is 0 Å². The predicted molar refractivity (Wildman–Crippen MR) is 106 cm³/mol. The van der Waals surface area contributed by atoms with Crippen LogP contribution in [0, 0.1) is 18.3 Å². The molecular weight excluding hydrogens is 330 g/mol. The Kier molecular flexibility index (Phi) is 6.67. The molecule has 1 fully saturated rings. The molecule has 2 aromatic carbocycles. The largest absolute Gasteiger partial charge is 0.377 e. The molecule has 1 aliphatic heterocycles. The van der Waals surface area contributed by atoms with E-state index < -0.39 is 5.60 Å². The fourth-order valence-electron chi connectivity index (χ4n) is 3.90. The quantitative estimate of drug-likeness (QED) is 0.781. The van der Waals surface area contributed by atoms with Gasteiger partial charge in [0.05, 0.1) is 0 Å². The molecular formula is C22H26ClNO. The molecule has 0 aromatic heterocycles. The lowest BCUT2D eigenvalue weighted by Crippen LogP contribution is -2.52. The van der Waals surface area contributed by atoms with E-state index in [0.717, 1.165) is 12.8 Å². The highest BCUT2D eigenvalue weighted by Gasteiger charge is 2.46. The molecule has 2 nitrogen and oxygen atoms in total. The fraction of sp³-hybridized carbons (Fsp3) is 0.364. The lowest BCUT2D eigenvalue weighted by molar-refractivity contribution is -0.0316. The molecule has 1 aliphatic rings. The molecule has 0 aliphatic carbocycles. The molecule has 0 spiro atoms. The van der Waals surface area contributed by atoms with Gasteiger partial charge in [-0.1, -0.05) is 79.9 Å². The lowest BCUT2D eigenvalue weighted by atomic mass is 9.69. The maximum Gasteiger partial charge on any atom is 0.131 e. The van der Waals surface area contributed by atoms with Crippen molar-refractivity contribution in [3.8, 4) is 12.3 Å². The molecule has 1 heterocycles. The van der Waals surface area contributed by atoms with Crippen LogP contribution < -0.4 is 5.32 Å². The molecule has 132 valence electrons. The van der Waals surface area contributed by atoms with Crippen molar-refractivity contribution < 1.29 is 5.11 Å². The van der Waals surface area contributed by atoms with Gasteiger partial charge in [-0.25, -0.2) is 0 Å². The minimum atomic E-state index is -1.09. The molecule has 0 bridgehead atoms. The maximum atomic E-state index is 11.3. The third-order valence-corrected chi connectivity index (χ3v) is 5.12. The third kappa shape index (κ3) is 4.07. The van der Waals surface area contributed by atoms with E-state index in [2.05, 4.69) is 42.4 Å². The summed E-state index contributed by atoms with van der Waals surface area (Å²) >= 11 is 0. The van der Waals surface area contributed by atoms with Crippen molar-refractivity contribution in [1.29, 1.82) is 0 Å². The highest BCUT2D eigenvalue weighted by atomic mass is 35.5. The van der Waals surface area contributed by atoms with Crippen LogP contribution in [0.2, 0.25) is 0 Å². The third-order valence-electron chi connectivity index (χ3n) is 5.12. The minimum Gasteiger partial charge on any atom is -0.377 e. The monoisotopic (exact) mass is 355 g/mol. The van der Waals surface area contributed by atoms with Crippen LogP contribution in [-0.4, -0.2) is 10.7 Å². The highest BCUT2D eigenvalue weighted by molar-refractivity contribution is 5.85. The van der Waals surface area contributed by atoms with Crippen LogP contribution in [0.25, 0.3) is 0 Å². The van der Waals surface area contributed by atoms with Crippen LogP contribution >= 0.6 is 12.4 Å². The van der Waals surface area contributed by atoms with Crippen molar-refractivity contribution in [3.05, 3.63) is 71.8 Å². The molecule has 2 aromatic rings. The molecule has 3 heteroatoms. The van der Waals surface area contributed by atoms with Crippen LogP contribution in [0.4, 0.5) is 0 Å². The van der Waals surface area contributed by atoms with E-state index in [1.807, 2.05) is 36.4 Å². The summed E-state index contributed by atoms with van der Waals surface area (Å²) in [6, 6.07) is 20.7. The molecule has 4 unspecified atom stereocenters. The van der Waals surface area contributed by atoms with E-state index >= 15 is 0 Å². The van der Waals surface area contributed by atoms with Gasteiger partial charge in [0, 0.05) is 24.4 Å². The van der Waals surface area contributed by atoms with Crippen molar-refractivity contribution in [2.45, 2.75) is 43.9 Å². The second kappa shape index (κ2) is 8.54. The first-order valence-corrected chi connectivity index (χ1v) is 8.74. The Hall–Kier alpha value is -1.79. The summed E-state index contributed by atoms with van der Waals surface area (Å²) in [5.41, 5.74) is 1.26. The normalized spacial score (nSPS) is 28.6. The summed E-state index contributed by atoms with van der Waals surface area (Å²) in [7, 11) is 0. The zero-order chi connectivity index (χ0) is 17.0. The van der Waals surface area contributed by atoms with Crippen LogP contribution in [0.1, 0.15) is 49.4 Å². The van der Waals surface area contributed by atoms with Gasteiger partial charge >= 0.3 is 0 Å². The highest BCUT2D eigenvalue weighted by Crippen LogP contribution is 2.45. The zero-order valence-electron chi connectivity index (χ0n) is 14.6. The Balaban J connectivity index is 0.00000225. The minimum absolute atomic E-state index is 0. The van der Waals surface area contributed by atoms with Crippen molar-refractivity contribution in [3.63, 3.8) is 0 Å². The number of aliphatic hydroxyl groups is 1. The van der Waals surface area contributed by atoms with Gasteiger partial charge in [0.2, 0.25) is 0 Å². The maximum absolute atomic E-state index is 11.3. The van der Waals surface area contributed by atoms with E-state index in [-0.39, 0.29) is 30.4 Å². The summed E-state index contributed by atoms with van der Waals surface area (Å²) in [6.45, 7) is 2.14. The van der Waals surface area contributed by atoms with Crippen LogP contribution in [0.15, 0.2) is 60.7 Å². The number of piperidine rings is 1. The molecule has 0 radical (unpaired) electrons. The number of rotatable bonds is 4. The number of hydrogen-bond acceptors (Lipinski definition) is 2. The summed E-state index contributed by atoms with van der Waals surface area (Å²) in [5.74, 6) is 2.74. The van der Waals surface area contributed by atoms with Gasteiger partial charge < -0.3 is 10.4 Å². The molecule has 0 amide bonds. The first-order chi connectivity index (χ1) is 11.7. The Morgan fingerprint density at radius 2 is 1.64 bits per heavy atom. The standard InChI is InChI=1S/C22H25NO.ClH/c1-3-11-19-21(18-14-9-6-10-15-18)23-20(16-22(19,24)4-2)17-12-7-5-8-13-17;/h2,5-10,12-15,19-21,23-24H,3,11,16H2,1H3;1H. The van der Waals surface area contributed by atoms with Crippen LogP contribution in [0.5, 0.6) is 0 Å². The van der Waals surface area contributed by atoms with E-state index in [1.165, 1.54) is 11.1 Å². The first kappa shape index (κ1) is 19.5. The number of hydrogen-bond donors (Lipinski definition) is 2. The average molecular weight is 356 g/mol. The van der Waals surface area contributed by atoms with Gasteiger partial charge in [0.1, 0.15) is 5.60 Å². The number of nitrogens with one attached hydrogen (secondary N) is 1. The summed E-state index contributed by atoms with van der Waals surface area (Å²) in [6.07, 6.45) is 8.25. The second-order valence-corrected chi connectivity index (χ2v) is 6.69. The lowest BCUT2D eigenvalue weighted by Gasteiger charge is -2.46. The second-order valence-electron chi connectivity index (χ2n) is 6.69. The van der Waals surface area contributed by atoms with Gasteiger partial charge in [-0.3, -0.25) is 0 Å². The molecule has 0 saturated carbocycles. The Morgan fingerprint density at radius 1 is 1.08 bits per heavy atom.